The summed E-state index contributed by atoms with van der Waals surface area (Å²) in [6, 6.07) is 0. The van der Waals surface area contributed by atoms with Gasteiger partial charge in [-0.2, -0.15) is 0 Å². The quantitative estimate of drug-likeness (QED) is 0.749. The number of amides is 1. The summed E-state index contributed by atoms with van der Waals surface area (Å²) in [7, 11) is 0. The predicted octanol–water partition coefficient (Wildman–Crippen LogP) is 0.437. The van der Waals surface area contributed by atoms with E-state index in [1.807, 2.05) is 6.92 Å². The molecule has 0 spiro atoms. The highest BCUT2D eigenvalue weighted by Gasteiger charge is 2.40. The van der Waals surface area contributed by atoms with Crippen LogP contribution >= 0.6 is 0 Å². The standard InChI is InChI=1S/C12H20N2O3/c1-8-6-14(7-9(8)11(16)17)10(15)5-12(13)3-2-4-12/h8-9H,2-7,13H2,1H3,(H,16,17). The van der Waals surface area contributed by atoms with E-state index in [1.54, 1.807) is 4.90 Å². The fraction of sp³-hybridized carbons (Fsp3) is 0.833. The Kier molecular flexibility index (Phi) is 3.12. The van der Waals surface area contributed by atoms with Gasteiger partial charge in [-0.15, -0.1) is 0 Å². The summed E-state index contributed by atoms with van der Waals surface area (Å²) < 4.78 is 0. The van der Waals surface area contributed by atoms with E-state index in [0.29, 0.717) is 19.5 Å². The van der Waals surface area contributed by atoms with Crippen LogP contribution in [0.25, 0.3) is 0 Å². The van der Waals surface area contributed by atoms with Crippen molar-refractivity contribution in [2.45, 2.75) is 38.1 Å². The Morgan fingerprint density at radius 2 is 2.06 bits per heavy atom. The van der Waals surface area contributed by atoms with E-state index in [2.05, 4.69) is 0 Å². The lowest BCUT2D eigenvalue weighted by Crippen LogP contribution is -2.50. The van der Waals surface area contributed by atoms with Gasteiger partial charge in [0.2, 0.25) is 5.91 Å². The summed E-state index contributed by atoms with van der Waals surface area (Å²) in [5.41, 5.74) is 5.72. The molecule has 0 aromatic heterocycles. The zero-order chi connectivity index (χ0) is 12.6. The maximum Gasteiger partial charge on any atom is 0.308 e. The second kappa shape index (κ2) is 4.29. The van der Waals surface area contributed by atoms with Crippen molar-refractivity contribution in [2.75, 3.05) is 13.1 Å². The van der Waals surface area contributed by atoms with Gasteiger partial charge in [0.25, 0.3) is 0 Å². The third-order valence-electron chi connectivity index (χ3n) is 4.13. The third-order valence-corrected chi connectivity index (χ3v) is 4.13. The summed E-state index contributed by atoms with van der Waals surface area (Å²) in [5.74, 6) is -1.18. The molecule has 5 heteroatoms. The summed E-state index contributed by atoms with van der Waals surface area (Å²) in [6.45, 7) is 2.77. The molecule has 0 bridgehead atoms. The molecule has 1 aliphatic heterocycles. The molecule has 2 aliphatic rings. The minimum absolute atomic E-state index is 0.0165. The van der Waals surface area contributed by atoms with Crippen molar-refractivity contribution in [1.29, 1.82) is 0 Å². The van der Waals surface area contributed by atoms with Crippen molar-refractivity contribution in [3.63, 3.8) is 0 Å². The summed E-state index contributed by atoms with van der Waals surface area (Å²) in [6.07, 6.45) is 3.28. The van der Waals surface area contributed by atoms with E-state index < -0.39 is 11.9 Å². The number of nitrogens with two attached hydrogens (primary N) is 1. The number of carboxylic acids is 1. The summed E-state index contributed by atoms with van der Waals surface area (Å²) in [5, 5.41) is 9.01. The molecule has 1 saturated heterocycles. The topological polar surface area (TPSA) is 83.6 Å². The normalized spacial score (nSPS) is 31.1. The number of carboxylic acid groups (broad SMARTS) is 1. The van der Waals surface area contributed by atoms with E-state index in [1.165, 1.54) is 0 Å². The Bertz CT molecular complexity index is 339. The maximum absolute atomic E-state index is 12.0. The van der Waals surface area contributed by atoms with Crippen LogP contribution in [0.5, 0.6) is 0 Å². The number of rotatable bonds is 3. The molecule has 17 heavy (non-hydrogen) atoms. The lowest BCUT2D eigenvalue weighted by Gasteiger charge is -2.38. The Balaban J connectivity index is 1.91. The van der Waals surface area contributed by atoms with Crippen LogP contribution in [-0.4, -0.2) is 40.5 Å². The Hall–Kier alpha value is -1.10. The first-order valence-corrected chi connectivity index (χ1v) is 6.21. The van der Waals surface area contributed by atoms with E-state index in [9.17, 15) is 9.59 Å². The van der Waals surface area contributed by atoms with E-state index in [4.69, 9.17) is 10.8 Å². The van der Waals surface area contributed by atoms with Crippen LogP contribution in [0.15, 0.2) is 0 Å². The minimum Gasteiger partial charge on any atom is -0.481 e. The molecule has 1 heterocycles. The monoisotopic (exact) mass is 240 g/mol. The van der Waals surface area contributed by atoms with Gasteiger partial charge in [-0.05, 0) is 25.2 Å². The number of hydrogen-bond donors (Lipinski definition) is 2. The van der Waals surface area contributed by atoms with Gasteiger partial charge in [0, 0.05) is 25.0 Å². The van der Waals surface area contributed by atoms with Crippen LogP contribution in [0.3, 0.4) is 0 Å². The van der Waals surface area contributed by atoms with Crippen LogP contribution in [-0.2, 0) is 9.59 Å². The molecule has 2 rings (SSSR count). The zero-order valence-electron chi connectivity index (χ0n) is 10.2. The maximum atomic E-state index is 12.0. The van der Waals surface area contributed by atoms with E-state index in [-0.39, 0.29) is 17.4 Å². The Labute approximate surface area is 101 Å². The van der Waals surface area contributed by atoms with Gasteiger partial charge in [-0.25, -0.2) is 0 Å². The van der Waals surface area contributed by atoms with Gasteiger partial charge in [0.15, 0.2) is 0 Å². The van der Waals surface area contributed by atoms with Crippen LogP contribution in [0.4, 0.5) is 0 Å². The molecule has 1 aliphatic carbocycles. The first-order chi connectivity index (χ1) is 7.91. The number of nitrogens with zero attached hydrogens (tertiary/aromatic N) is 1. The van der Waals surface area contributed by atoms with Crippen LogP contribution in [0.1, 0.15) is 32.6 Å². The molecule has 2 fully saturated rings. The first kappa shape index (κ1) is 12.4. The van der Waals surface area contributed by atoms with Crippen molar-refractivity contribution in [3.05, 3.63) is 0 Å². The molecule has 0 radical (unpaired) electrons. The average molecular weight is 240 g/mol. The lowest BCUT2D eigenvalue weighted by atomic mass is 9.75. The summed E-state index contributed by atoms with van der Waals surface area (Å²) in [4.78, 5) is 24.7. The highest BCUT2D eigenvalue weighted by Crippen LogP contribution is 2.33. The molecule has 96 valence electrons. The Morgan fingerprint density at radius 3 is 2.47 bits per heavy atom. The van der Waals surface area contributed by atoms with Crippen molar-refractivity contribution in [2.24, 2.45) is 17.6 Å². The molecule has 1 amide bonds. The number of aliphatic carboxylic acids is 1. The number of carbonyl (C=O) groups is 2. The second-order valence-electron chi connectivity index (χ2n) is 5.61. The van der Waals surface area contributed by atoms with Gasteiger partial charge in [0.1, 0.15) is 0 Å². The molecule has 3 N–H and O–H groups in total. The molecule has 0 aromatic carbocycles. The van der Waals surface area contributed by atoms with Gasteiger partial charge >= 0.3 is 5.97 Å². The SMILES string of the molecule is CC1CN(C(=O)CC2(N)CCC2)CC1C(=O)O. The predicted molar refractivity (Wildman–Crippen MR) is 62.3 cm³/mol. The largest absolute Gasteiger partial charge is 0.481 e. The van der Waals surface area contributed by atoms with Crippen LogP contribution < -0.4 is 5.73 Å². The molecule has 2 atom stereocenters. The first-order valence-electron chi connectivity index (χ1n) is 6.21. The second-order valence-corrected chi connectivity index (χ2v) is 5.61. The van der Waals surface area contributed by atoms with Crippen LogP contribution in [0.2, 0.25) is 0 Å². The van der Waals surface area contributed by atoms with Gasteiger partial charge in [0.05, 0.1) is 5.92 Å². The van der Waals surface area contributed by atoms with Crippen molar-refractivity contribution in [1.82, 2.24) is 4.90 Å². The fourth-order valence-corrected chi connectivity index (χ4v) is 2.71. The van der Waals surface area contributed by atoms with Gasteiger partial charge in [-0.3, -0.25) is 9.59 Å². The van der Waals surface area contributed by atoms with Gasteiger partial charge < -0.3 is 15.7 Å². The minimum atomic E-state index is -0.807. The number of likely N-dealkylation sites (tertiary alicyclic amines) is 1. The zero-order valence-corrected chi connectivity index (χ0v) is 10.2. The highest BCUT2D eigenvalue weighted by atomic mass is 16.4. The molecule has 1 saturated carbocycles. The number of hydrogen-bond acceptors (Lipinski definition) is 3. The average Bonchev–Trinajstić information content (AvgIpc) is 2.58. The van der Waals surface area contributed by atoms with E-state index >= 15 is 0 Å². The molecular weight excluding hydrogens is 220 g/mol. The van der Waals surface area contributed by atoms with Crippen molar-refractivity contribution in [3.8, 4) is 0 Å². The summed E-state index contributed by atoms with van der Waals surface area (Å²) >= 11 is 0. The van der Waals surface area contributed by atoms with Crippen LogP contribution in [0, 0.1) is 11.8 Å². The highest BCUT2D eigenvalue weighted by molar-refractivity contribution is 5.80. The fourth-order valence-electron chi connectivity index (χ4n) is 2.71. The van der Waals surface area contributed by atoms with E-state index in [0.717, 1.165) is 19.3 Å². The molecule has 5 nitrogen and oxygen atoms in total. The molecule has 0 aromatic rings. The Morgan fingerprint density at radius 1 is 1.41 bits per heavy atom. The van der Waals surface area contributed by atoms with Crippen molar-refractivity contribution < 1.29 is 14.7 Å². The molecule has 2 unspecified atom stereocenters. The van der Waals surface area contributed by atoms with Crippen molar-refractivity contribution >= 4 is 11.9 Å². The smallest absolute Gasteiger partial charge is 0.308 e. The lowest BCUT2D eigenvalue weighted by molar-refractivity contribution is -0.142. The molecular formula is C12H20N2O3. The number of carbonyl (C=O) groups excluding carboxylic acids is 1. The van der Waals surface area contributed by atoms with Gasteiger partial charge in [-0.1, -0.05) is 6.92 Å². The third kappa shape index (κ3) is 2.44.